The van der Waals surface area contributed by atoms with Crippen molar-refractivity contribution in [3.63, 3.8) is 0 Å². The summed E-state index contributed by atoms with van der Waals surface area (Å²) in [5.41, 5.74) is 32.2. The molecule has 12 rings (SSSR count). The molecule has 0 unspecified atom stereocenters. The first kappa shape index (κ1) is 53.4. The van der Waals surface area contributed by atoms with Gasteiger partial charge >= 0.3 is 0 Å². The van der Waals surface area contributed by atoms with Crippen LogP contribution in [0.3, 0.4) is 0 Å². The molecule has 0 bridgehead atoms. The standard InChI is InChI=1S/2C22H24N.2C21H22N/c2*1-15-13-22(23(5)14-18(15)4)21-12-16(2)20(11-17(21)3)19-9-7-6-8-10-19;2*1-15-10-11-21(22(4)14-15)20-13-19(16(2)12-17(20)3)18-8-6-5-7-9-18/h2*6-14H,1-5H3;2*5-14H,1-4H3/q4*+1/i4D3;;1D3,2D3;. The summed E-state index contributed by atoms with van der Waals surface area (Å²) in [5, 5.41) is 0. The fraction of sp³-hybridized carbons (Fsp3) is 0.209. The number of hydrogen-bond donors (Lipinski definition) is 0. The molecule has 0 saturated heterocycles. The molecule has 452 valence electrons. The van der Waals surface area contributed by atoms with Crippen LogP contribution in [0.4, 0.5) is 0 Å². The fourth-order valence-corrected chi connectivity index (χ4v) is 12.0. The van der Waals surface area contributed by atoms with E-state index in [-0.39, 0.29) is 5.56 Å². The highest BCUT2D eigenvalue weighted by Gasteiger charge is 2.21. The van der Waals surface area contributed by atoms with Crippen molar-refractivity contribution in [1.29, 1.82) is 0 Å². The minimum atomic E-state index is -2.23. The lowest BCUT2D eigenvalue weighted by Crippen LogP contribution is -2.31. The molecule has 4 heteroatoms. The predicted molar refractivity (Wildman–Crippen MR) is 380 cm³/mol. The van der Waals surface area contributed by atoms with Crippen molar-refractivity contribution in [3.8, 4) is 89.5 Å². The third kappa shape index (κ3) is 15.1. The highest BCUT2D eigenvalue weighted by molar-refractivity contribution is 5.79. The molecule has 0 aliphatic heterocycles. The summed E-state index contributed by atoms with van der Waals surface area (Å²) in [6.07, 6.45) is 7.72. The lowest BCUT2D eigenvalue weighted by molar-refractivity contribution is -0.660. The zero-order valence-electron chi connectivity index (χ0n) is 64.2. The van der Waals surface area contributed by atoms with Gasteiger partial charge in [-0.15, -0.1) is 0 Å². The molecular weight excluding hydrogens is 1090 g/mol. The first-order valence-corrected chi connectivity index (χ1v) is 30.9. The van der Waals surface area contributed by atoms with Crippen LogP contribution in [-0.2, 0) is 28.2 Å². The lowest BCUT2D eigenvalue weighted by Gasteiger charge is -2.12. The molecule has 4 heterocycles. The number of hydrogen-bond acceptors (Lipinski definition) is 0. The molecular formula is C86H92N4+4. The Kier molecular flexibility index (Phi) is 17.0. The highest BCUT2D eigenvalue weighted by Crippen LogP contribution is 2.35. The SMILES string of the molecule is Cc1cc(-c2cc(C)c(-c3ccccc3)cc2C)[n+](C)cc1C.Cc1ccc(-c2cc(-c3ccccc3)c(C)cc2C)[n+](C)c1.[2H]C([2H])([2H])c1c[n+](C)c(-c2cc(C)c(-c3ccccc3)cc2C)cc1C.[2H]C([2H])([2H])c1ccc(-c2cc(-c3ccccc3)c(C([2H])([2H])[2H])cc2C)[n+](C)c1. The quantitative estimate of drug-likeness (QED) is 0.135. The van der Waals surface area contributed by atoms with Gasteiger partial charge in [-0.3, -0.25) is 0 Å². The smallest absolute Gasteiger partial charge is 0.201 e. The molecule has 90 heavy (non-hydrogen) atoms. The van der Waals surface area contributed by atoms with Crippen molar-refractivity contribution in [2.24, 2.45) is 28.2 Å². The van der Waals surface area contributed by atoms with Crippen LogP contribution in [0, 0.1) is 96.7 Å². The Balaban J connectivity index is 0.000000155. The predicted octanol–water partition coefficient (Wildman–Crippen LogP) is 19.7. The maximum Gasteiger partial charge on any atom is 0.212 e. The molecule has 0 fully saturated rings. The topological polar surface area (TPSA) is 15.5 Å². The van der Waals surface area contributed by atoms with E-state index in [4.69, 9.17) is 12.3 Å². The second kappa shape index (κ2) is 28.7. The molecule has 8 aromatic carbocycles. The summed E-state index contributed by atoms with van der Waals surface area (Å²) >= 11 is 0. The number of aryl methyl sites for hydroxylation is 18. The number of aromatic nitrogens is 4. The minimum Gasteiger partial charge on any atom is -0.201 e. The molecule has 0 amide bonds. The van der Waals surface area contributed by atoms with E-state index in [1.54, 1.807) is 42.2 Å². The van der Waals surface area contributed by atoms with Crippen LogP contribution in [0.1, 0.15) is 90.2 Å². The molecule has 12 aromatic rings. The van der Waals surface area contributed by atoms with E-state index in [1.807, 2.05) is 74.0 Å². The van der Waals surface area contributed by atoms with Crippen molar-refractivity contribution < 1.29 is 30.6 Å². The van der Waals surface area contributed by atoms with Crippen molar-refractivity contribution in [3.05, 3.63) is 309 Å². The summed E-state index contributed by atoms with van der Waals surface area (Å²) in [7, 11) is 7.94. The molecule has 0 spiro atoms. The summed E-state index contributed by atoms with van der Waals surface area (Å²) in [4.78, 5) is 0. The zero-order chi connectivity index (χ0) is 72.0. The van der Waals surface area contributed by atoms with Gasteiger partial charge in [-0.05, 0) is 233 Å². The normalized spacial score (nSPS) is 12.7. The zero-order valence-corrected chi connectivity index (χ0v) is 55.2. The molecule has 0 aliphatic rings. The average Bonchev–Trinajstić information content (AvgIpc) is 0.782. The second-order valence-electron chi connectivity index (χ2n) is 24.2. The number of benzene rings is 8. The van der Waals surface area contributed by atoms with Gasteiger partial charge in [0.05, 0.1) is 0 Å². The monoisotopic (exact) mass is 1190 g/mol. The summed E-state index contributed by atoms with van der Waals surface area (Å²) < 4.78 is 77.8. The van der Waals surface area contributed by atoms with Gasteiger partial charge in [0.25, 0.3) is 0 Å². The third-order valence-corrected chi connectivity index (χ3v) is 17.2. The Morgan fingerprint density at radius 2 is 0.500 bits per heavy atom. The van der Waals surface area contributed by atoms with Gasteiger partial charge in [-0.25, -0.2) is 18.3 Å². The van der Waals surface area contributed by atoms with E-state index in [2.05, 4.69) is 237 Å². The van der Waals surface area contributed by atoms with E-state index in [1.165, 1.54) is 106 Å². The van der Waals surface area contributed by atoms with Gasteiger partial charge in [0.2, 0.25) is 22.8 Å². The first-order valence-electron chi connectivity index (χ1n) is 35.4. The van der Waals surface area contributed by atoms with Crippen molar-refractivity contribution >= 4 is 0 Å². The number of pyridine rings is 4. The maximum atomic E-state index is 7.94. The molecule has 0 saturated carbocycles. The van der Waals surface area contributed by atoms with Crippen LogP contribution in [0.5, 0.6) is 0 Å². The van der Waals surface area contributed by atoms with Crippen molar-refractivity contribution in [1.82, 2.24) is 0 Å². The Morgan fingerprint density at radius 1 is 0.211 bits per heavy atom. The van der Waals surface area contributed by atoms with Crippen LogP contribution < -0.4 is 18.3 Å². The van der Waals surface area contributed by atoms with Crippen LogP contribution in [-0.4, -0.2) is 0 Å². The lowest BCUT2D eigenvalue weighted by atomic mass is 9.93. The van der Waals surface area contributed by atoms with Crippen LogP contribution >= 0.6 is 0 Å². The van der Waals surface area contributed by atoms with Gasteiger partial charge in [-0.1, -0.05) is 146 Å². The van der Waals surface area contributed by atoms with Gasteiger partial charge in [-0.2, -0.15) is 0 Å². The van der Waals surface area contributed by atoms with Crippen LogP contribution in [0.25, 0.3) is 89.5 Å². The van der Waals surface area contributed by atoms with E-state index in [0.717, 1.165) is 39.2 Å². The average molecular weight is 1190 g/mol. The number of nitrogens with zero attached hydrogens (tertiary/aromatic N) is 4. The van der Waals surface area contributed by atoms with Gasteiger partial charge in [0.15, 0.2) is 24.8 Å². The van der Waals surface area contributed by atoms with Gasteiger partial charge in [0.1, 0.15) is 28.2 Å². The molecule has 0 radical (unpaired) electrons. The summed E-state index contributed by atoms with van der Waals surface area (Å²) in [6, 6.07) is 70.3. The van der Waals surface area contributed by atoms with E-state index in [9.17, 15) is 0 Å². The Morgan fingerprint density at radius 3 is 0.900 bits per heavy atom. The van der Waals surface area contributed by atoms with E-state index >= 15 is 0 Å². The van der Waals surface area contributed by atoms with E-state index in [0.29, 0.717) is 16.7 Å². The Bertz CT molecular complexity index is 4880. The Labute approximate surface area is 551 Å². The molecule has 0 atom stereocenters. The van der Waals surface area contributed by atoms with E-state index < -0.39 is 20.6 Å². The fourth-order valence-electron chi connectivity index (χ4n) is 12.0. The maximum absolute atomic E-state index is 7.94. The molecule has 0 N–H and O–H groups in total. The van der Waals surface area contributed by atoms with Gasteiger partial charge in [0, 0.05) is 81.1 Å². The van der Waals surface area contributed by atoms with Crippen molar-refractivity contribution in [2.75, 3.05) is 0 Å². The summed E-state index contributed by atoms with van der Waals surface area (Å²) in [5.74, 6) is 0. The third-order valence-electron chi connectivity index (χ3n) is 17.2. The number of rotatable bonds is 8. The highest BCUT2D eigenvalue weighted by atomic mass is 14.9. The van der Waals surface area contributed by atoms with Crippen LogP contribution in [0.15, 0.2) is 231 Å². The second-order valence-corrected chi connectivity index (χ2v) is 24.2. The summed E-state index contributed by atoms with van der Waals surface area (Å²) in [6.45, 7) is 16.7. The first-order chi connectivity index (χ1) is 46.7. The van der Waals surface area contributed by atoms with Crippen molar-refractivity contribution in [2.45, 2.75) is 96.7 Å². The molecule has 4 nitrogen and oxygen atoms in total. The van der Waals surface area contributed by atoms with Gasteiger partial charge < -0.3 is 0 Å². The Hall–Kier alpha value is -9.64. The molecule has 0 aliphatic carbocycles. The molecule has 4 aromatic heterocycles. The minimum absolute atomic E-state index is 0.263. The van der Waals surface area contributed by atoms with Crippen LogP contribution in [0.2, 0.25) is 0 Å². The largest absolute Gasteiger partial charge is 0.212 e.